The van der Waals surface area contributed by atoms with Gasteiger partial charge in [0, 0.05) is 29.7 Å². The number of nitro groups is 1. The summed E-state index contributed by atoms with van der Waals surface area (Å²) in [7, 11) is 0. The molecule has 0 bridgehead atoms. The molecule has 2 amide bonds. The molecule has 3 atom stereocenters. The summed E-state index contributed by atoms with van der Waals surface area (Å²) in [6.45, 7) is 1.51. The fraction of sp³-hybridized carbons (Fsp3) is 0.300. The smallest absolute Gasteiger partial charge is 0.271 e. The number of imide groups is 1. The van der Waals surface area contributed by atoms with Gasteiger partial charge in [-0.25, -0.2) is 14.9 Å². The molecule has 3 fully saturated rings. The number of hydrazine groups is 1. The molecule has 0 aliphatic carbocycles. The van der Waals surface area contributed by atoms with Gasteiger partial charge in [-0.1, -0.05) is 34.1 Å². The molecular weight excluding hydrogens is 440 g/mol. The van der Waals surface area contributed by atoms with E-state index in [9.17, 15) is 19.7 Å². The van der Waals surface area contributed by atoms with Gasteiger partial charge in [0.25, 0.3) is 11.6 Å². The Labute approximate surface area is 174 Å². The first-order valence-corrected chi connectivity index (χ1v) is 10.2. The standard InChI is InChI=1S/C20H17BrN4O4/c21-13-7-5-12(6-8-13)17-16-18(23-10-2-9-22(17)23)20(27)24(19(16)26)14-3-1-4-15(11-14)25(28)29/h1,3-8,11,16-18H,2,9-10H2/t16-,17+,18-/m1/s1. The average Bonchev–Trinajstić information content (AvgIpc) is 3.35. The van der Waals surface area contributed by atoms with Crippen molar-refractivity contribution in [1.29, 1.82) is 0 Å². The summed E-state index contributed by atoms with van der Waals surface area (Å²) >= 11 is 3.44. The molecule has 0 unspecified atom stereocenters. The van der Waals surface area contributed by atoms with Gasteiger partial charge in [-0.05, 0) is 30.2 Å². The number of non-ortho nitro benzene ring substituents is 1. The van der Waals surface area contributed by atoms with Crippen LogP contribution in [0.1, 0.15) is 18.0 Å². The lowest BCUT2D eigenvalue weighted by atomic mass is 9.90. The molecule has 2 aromatic carbocycles. The number of hydrogen-bond acceptors (Lipinski definition) is 6. The molecule has 9 heteroatoms. The van der Waals surface area contributed by atoms with Gasteiger partial charge in [0.2, 0.25) is 5.91 Å². The minimum absolute atomic E-state index is 0.146. The maximum absolute atomic E-state index is 13.4. The number of halogens is 1. The van der Waals surface area contributed by atoms with Gasteiger partial charge in [-0.3, -0.25) is 19.7 Å². The lowest BCUT2D eigenvalue weighted by Crippen LogP contribution is -2.44. The van der Waals surface area contributed by atoms with Crippen molar-refractivity contribution in [2.45, 2.75) is 18.5 Å². The predicted octanol–water partition coefficient (Wildman–Crippen LogP) is 2.89. The van der Waals surface area contributed by atoms with E-state index in [0.717, 1.165) is 34.4 Å². The normalized spacial score (nSPS) is 26.8. The first-order valence-electron chi connectivity index (χ1n) is 9.38. The summed E-state index contributed by atoms with van der Waals surface area (Å²) in [5.74, 6) is -1.15. The molecule has 0 radical (unpaired) electrons. The van der Waals surface area contributed by atoms with E-state index in [0.29, 0.717) is 0 Å². The van der Waals surface area contributed by atoms with Crippen molar-refractivity contribution in [3.63, 3.8) is 0 Å². The van der Waals surface area contributed by atoms with E-state index in [1.165, 1.54) is 18.2 Å². The summed E-state index contributed by atoms with van der Waals surface area (Å²) in [6.07, 6.45) is 0.925. The van der Waals surface area contributed by atoms with Crippen molar-refractivity contribution in [3.8, 4) is 0 Å². The number of anilines is 1. The van der Waals surface area contributed by atoms with Gasteiger partial charge in [0.05, 0.1) is 22.6 Å². The highest BCUT2D eigenvalue weighted by atomic mass is 79.9. The first-order chi connectivity index (χ1) is 14.0. The predicted molar refractivity (Wildman–Crippen MR) is 108 cm³/mol. The molecule has 8 nitrogen and oxygen atoms in total. The van der Waals surface area contributed by atoms with Gasteiger partial charge in [-0.15, -0.1) is 0 Å². The summed E-state index contributed by atoms with van der Waals surface area (Å²) in [6, 6.07) is 12.7. The zero-order valence-electron chi connectivity index (χ0n) is 15.3. The van der Waals surface area contributed by atoms with E-state index in [1.54, 1.807) is 6.07 Å². The molecule has 3 saturated heterocycles. The Morgan fingerprint density at radius 1 is 0.966 bits per heavy atom. The van der Waals surface area contributed by atoms with Crippen LogP contribution in [-0.2, 0) is 9.59 Å². The fourth-order valence-corrected chi connectivity index (χ4v) is 5.04. The summed E-state index contributed by atoms with van der Waals surface area (Å²) in [4.78, 5) is 38.5. The van der Waals surface area contributed by atoms with Crippen molar-refractivity contribution >= 4 is 39.1 Å². The molecule has 0 spiro atoms. The van der Waals surface area contributed by atoms with Crippen molar-refractivity contribution in [3.05, 3.63) is 68.7 Å². The lowest BCUT2D eigenvalue weighted by Gasteiger charge is -2.29. The van der Waals surface area contributed by atoms with Gasteiger partial charge < -0.3 is 0 Å². The van der Waals surface area contributed by atoms with Crippen LogP contribution in [0.3, 0.4) is 0 Å². The third-order valence-corrected chi connectivity index (χ3v) is 6.44. The van der Waals surface area contributed by atoms with Crippen molar-refractivity contribution in [1.82, 2.24) is 10.0 Å². The SMILES string of the molecule is O=C1[C@H]2[C@H](C(=O)N1c1cccc([N+](=O)[O-])c1)N1CCCN1[C@H]2c1ccc(Br)cc1. The van der Waals surface area contributed by atoms with E-state index >= 15 is 0 Å². The topological polar surface area (TPSA) is 87.0 Å². The van der Waals surface area contributed by atoms with Gasteiger partial charge >= 0.3 is 0 Å². The van der Waals surface area contributed by atoms with Crippen LogP contribution in [0.25, 0.3) is 0 Å². The third kappa shape index (κ3) is 2.72. The maximum atomic E-state index is 13.4. The summed E-state index contributed by atoms with van der Waals surface area (Å²) in [5.41, 5.74) is 1.09. The van der Waals surface area contributed by atoms with Crippen LogP contribution in [-0.4, -0.2) is 45.9 Å². The molecule has 148 valence electrons. The lowest BCUT2D eigenvalue weighted by molar-refractivity contribution is -0.384. The van der Waals surface area contributed by atoms with Crippen LogP contribution in [0.2, 0.25) is 0 Å². The van der Waals surface area contributed by atoms with Gasteiger partial charge in [0.15, 0.2) is 0 Å². The second-order valence-electron chi connectivity index (χ2n) is 7.44. The molecule has 2 aromatic rings. The molecule has 3 aliphatic heterocycles. The van der Waals surface area contributed by atoms with Crippen LogP contribution in [0.5, 0.6) is 0 Å². The van der Waals surface area contributed by atoms with Crippen LogP contribution in [0.4, 0.5) is 11.4 Å². The Morgan fingerprint density at radius 3 is 2.34 bits per heavy atom. The molecule has 0 N–H and O–H groups in total. The van der Waals surface area contributed by atoms with Gasteiger partial charge in [-0.2, -0.15) is 0 Å². The highest BCUT2D eigenvalue weighted by Gasteiger charge is 2.62. The number of benzene rings is 2. The Bertz CT molecular complexity index is 1030. The zero-order chi connectivity index (χ0) is 20.3. The fourth-order valence-electron chi connectivity index (χ4n) is 4.77. The third-order valence-electron chi connectivity index (χ3n) is 5.92. The molecule has 29 heavy (non-hydrogen) atoms. The quantitative estimate of drug-likeness (QED) is 0.400. The molecule has 0 aromatic heterocycles. The Hall–Kier alpha value is -2.62. The second-order valence-corrected chi connectivity index (χ2v) is 8.35. The number of rotatable bonds is 3. The number of carbonyl (C=O) groups excluding carboxylic acids is 2. The van der Waals surface area contributed by atoms with Gasteiger partial charge in [0.1, 0.15) is 6.04 Å². The number of nitro benzene ring substituents is 1. The molecular formula is C20H17BrN4O4. The van der Waals surface area contributed by atoms with E-state index in [1.807, 2.05) is 29.3 Å². The number of nitrogens with zero attached hydrogens (tertiary/aromatic N) is 4. The summed E-state index contributed by atoms with van der Waals surface area (Å²) < 4.78 is 0.945. The molecule has 3 heterocycles. The Kier molecular flexibility index (Phi) is 4.27. The highest BCUT2D eigenvalue weighted by molar-refractivity contribution is 9.10. The maximum Gasteiger partial charge on any atom is 0.271 e. The second kappa shape index (κ2) is 6.72. The van der Waals surface area contributed by atoms with Crippen LogP contribution < -0.4 is 4.90 Å². The van der Waals surface area contributed by atoms with E-state index in [2.05, 4.69) is 20.9 Å². The highest BCUT2D eigenvalue weighted by Crippen LogP contribution is 2.49. The van der Waals surface area contributed by atoms with Crippen LogP contribution in [0.15, 0.2) is 53.0 Å². The number of carbonyl (C=O) groups is 2. The molecule has 5 rings (SSSR count). The average molecular weight is 457 g/mol. The molecule has 0 saturated carbocycles. The Morgan fingerprint density at radius 2 is 1.66 bits per heavy atom. The van der Waals surface area contributed by atoms with Crippen LogP contribution >= 0.6 is 15.9 Å². The number of fused-ring (bicyclic) bond motifs is 3. The number of hydrogen-bond donors (Lipinski definition) is 0. The zero-order valence-corrected chi connectivity index (χ0v) is 16.9. The van der Waals surface area contributed by atoms with Crippen molar-refractivity contribution in [2.24, 2.45) is 5.92 Å². The van der Waals surface area contributed by atoms with E-state index in [4.69, 9.17) is 0 Å². The first kappa shape index (κ1) is 18.4. The van der Waals surface area contributed by atoms with E-state index in [-0.39, 0.29) is 29.2 Å². The van der Waals surface area contributed by atoms with Crippen molar-refractivity contribution in [2.75, 3.05) is 18.0 Å². The van der Waals surface area contributed by atoms with Crippen LogP contribution in [0, 0.1) is 16.0 Å². The largest absolute Gasteiger partial charge is 0.274 e. The van der Waals surface area contributed by atoms with Crippen molar-refractivity contribution < 1.29 is 14.5 Å². The van der Waals surface area contributed by atoms with E-state index < -0.39 is 16.9 Å². The minimum atomic E-state index is -0.571. The monoisotopic (exact) mass is 456 g/mol. The minimum Gasteiger partial charge on any atom is -0.274 e. The summed E-state index contributed by atoms with van der Waals surface area (Å²) in [5, 5.41) is 15.3. The number of amides is 2. The Balaban J connectivity index is 1.57. The molecule has 3 aliphatic rings.